The molecule has 0 aromatic heterocycles. The van der Waals surface area contributed by atoms with Crippen molar-refractivity contribution in [2.45, 2.75) is 24.5 Å². The van der Waals surface area contributed by atoms with E-state index in [9.17, 15) is 16.8 Å². The van der Waals surface area contributed by atoms with Gasteiger partial charge in [-0.15, -0.1) is 0 Å². The maximum Gasteiger partial charge on any atom is 0.290 e. The molecule has 14 heavy (non-hydrogen) atoms. The molecule has 0 saturated carbocycles. The second-order valence-electron chi connectivity index (χ2n) is 3.06. The largest absolute Gasteiger partial charge is 0.290 e. The van der Waals surface area contributed by atoms with Crippen molar-refractivity contribution in [3.63, 3.8) is 0 Å². The van der Waals surface area contributed by atoms with Crippen LogP contribution in [0.3, 0.4) is 0 Å². The highest BCUT2D eigenvalue weighted by Gasteiger charge is 2.30. The molecule has 0 fully saturated rings. The van der Waals surface area contributed by atoms with Crippen LogP contribution in [0.4, 0.5) is 0 Å². The summed E-state index contributed by atoms with van der Waals surface area (Å²) in [4.78, 5) is -0.341. The minimum absolute atomic E-state index is 0.165. The summed E-state index contributed by atoms with van der Waals surface area (Å²) in [7, 11) is -8.57. The van der Waals surface area contributed by atoms with Gasteiger partial charge in [-0.3, -0.25) is 9.11 Å². The van der Waals surface area contributed by atoms with Crippen LogP contribution < -0.4 is 0 Å². The first-order valence-electron chi connectivity index (χ1n) is 3.84. The van der Waals surface area contributed by atoms with Crippen molar-refractivity contribution in [2.75, 3.05) is 0 Å². The van der Waals surface area contributed by atoms with Crippen molar-refractivity contribution in [3.8, 4) is 0 Å². The van der Waals surface area contributed by atoms with Gasteiger partial charge in [0.05, 0.1) is 10.2 Å². The minimum Gasteiger partial charge on any atom is -0.285 e. The van der Waals surface area contributed by atoms with Gasteiger partial charge in [0.25, 0.3) is 20.2 Å². The minimum atomic E-state index is -4.33. The third-order valence-corrected chi connectivity index (χ3v) is 4.28. The van der Waals surface area contributed by atoms with Gasteiger partial charge in [-0.2, -0.15) is 16.8 Å². The zero-order valence-corrected chi connectivity index (χ0v) is 8.75. The molecule has 0 aliphatic heterocycles. The molecule has 1 rings (SSSR count). The van der Waals surface area contributed by atoms with E-state index in [2.05, 4.69) is 0 Å². The van der Waals surface area contributed by atoms with Crippen molar-refractivity contribution in [1.29, 1.82) is 0 Å². The lowest BCUT2D eigenvalue weighted by atomic mass is 10.1. The second-order valence-corrected chi connectivity index (χ2v) is 6.24. The van der Waals surface area contributed by atoms with Gasteiger partial charge in [-0.1, -0.05) is 6.08 Å². The third kappa shape index (κ3) is 2.77. The van der Waals surface area contributed by atoms with Crippen molar-refractivity contribution >= 4 is 20.2 Å². The highest BCUT2D eigenvalue weighted by Crippen LogP contribution is 2.26. The molecule has 0 saturated heterocycles. The summed E-state index contributed by atoms with van der Waals surface area (Å²) in [6.45, 7) is 0. The lowest BCUT2D eigenvalue weighted by molar-refractivity contribution is 0.456. The number of hydrogen-bond acceptors (Lipinski definition) is 4. The van der Waals surface area contributed by atoms with Gasteiger partial charge in [0.1, 0.15) is 0 Å². The molecule has 1 aliphatic rings. The molecule has 0 heterocycles. The smallest absolute Gasteiger partial charge is 0.285 e. The zero-order valence-electron chi connectivity index (χ0n) is 7.12. The van der Waals surface area contributed by atoms with Crippen LogP contribution in [0.5, 0.6) is 0 Å². The molecule has 0 aromatic rings. The van der Waals surface area contributed by atoms with E-state index < -0.39 is 25.5 Å². The first-order chi connectivity index (χ1) is 6.21. The van der Waals surface area contributed by atoms with Crippen LogP contribution >= 0.6 is 0 Å². The summed E-state index contributed by atoms with van der Waals surface area (Å²) >= 11 is 0. The predicted octanol–water partition coefficient (Wildman–Crippen LogP) is 0.198. The lowest BCUT2D eigenvalue weighted by Gasteiger charge is -2.18. The Morgan fingerprint density at radius 1 is 1.21 bits per heavy atom. The van der Waals surface area contributed by atoms with Gasteiger partial charge in [0.15, 0.2) is 0 Å². The van der Waals surface area contributed by atoms with Crippen molar-refractivity contribution in [2.24, 2.45) is 0 Å². The first-order valence-corrected chi connectivity index (χ1v) is 6.78. The summed E-state index contributed by atoms with van der Waals surface area (Å²) in [5.74, 6) is 0. The van der Waals surface area contributed by atoms with E-state index in [0.717, 1.165) is 0 Å². The monoisotopic (exact) mass is 242 g/mol. The predicted molar refractivity (Wildman–Crippen MR) is 48.8 cm³/mol. The van der Waals surface area contributed by atoms with Crippen LogP contribution in [0.15, 0.2) is 11.0 Å². The summed E-state index contributed by atoms with van der Waals surface area (Å²) < 4.78 is 60.1. The van der Waals surface area contributed by atoms with Crippen LogP contribution in [0.2, 0.25) is 0 Å². The molecule has 2 N–H and O–H groups in total. The highest BCUT2D eigenvalue weighted by atomic mass is 32.2. The molecule has 0 aromatic carbocycles. The molecule has 8 heteroatoms. The zero-order chi connectivity index (χ0) is 11.0. The van der Waals surface area contributed by atoms with E-state index in [1.54, 1.807) is 0 Å². The van der Waals surface area contributed by atoms with Crippen LogP contribution in [0.25, 0.3) is 0 Å². The van der Waals surface area contributed by atoms with E-state index in [1.807, 2.05) is 0 Å². The molecule has 0 bridgehead atoms. The van der Waals surface area contributed by atoms with E-state index in [4.69, 9.17) is 9.11 Å². The molecular weight excluding hydrogens is 232 g/mol. The van der Waals surface area contributed by atoms with E-state index in [1.165, 1.54) is 6.08 Å². The second kappa shape index (κ2) is 3.61. The van der Waals surface area contributed by atoms with Gasteiger partial charge in [-0.05, 0) is 12.8 Å². The Labute approximate surface area is 82.1 Å². The van der Waals surface area contributed by atoms with Gasteiger partial charge >= 0.3 is 0 Å². The highest BCUT2D eigenvalue weighted by molar-refractivity contribution is 7.90. The van der Waals surface area contributed by atoms with Crippen molar-refractivity contribution in [1.82, 2.24) is 0 Å². The molecule has 0 spiro atoms. The maximum atomic E-state index is 10.7. The summed E-state index contributed by atoms with van der Waals surface area (Å²) in [6.07, 6.45) is 1.27. The fourth-order valence-electron chi connectivity index (χ4n) is 1.30. The molecular formula is C6H10O6S2. The van der Waals surface area contributed by atoms with E-state index in [-0.39, 0.29) is 24.2 Å². The van der Waals surface area contributed by atoms with Crippen LogP contribution in [-0.2, 0) is 20.2 Å². The number of allylic oxidation sites excluding steroid dienone is 2. The van der Waals surface area contributed by atoms with Crippen molar-refractivity contribution < 1.29 is 25.9 Å². The van der Waals surface area contributed by atoms with Crippen molar-refractivity contribution in [3.05, 3.63) is 11.0 Å². The SMILES string of the molecule is O=S(=O)(O)C1=CCCC(S(=O)(=O)O)C1. The number of rotatable bonds is 2. The van der Waals surface area contributed by atoms with Crippen LogP contribution in [-0.4, -0.2) is 31.2 Å². The molecule has 1 unspecified atom stereocenters. The standard InChI is InChI=1S/C6H10O6S2/c7-13(8,9)5-2-1-3-6(4-5)14(10,11)12/h2,6H,1,3-4H2,(H,7,8,9)(H,10,11,12). The Hall–Kier alpha value is -0.440. The van der Waals surface area contributed by atoms with E-state index in [0.29, 0.717) is 0 Å². The van der Waals surface area contributed by atoms with E-state index >= 15 is 0 Å². The van der Waals surface area contributed by atoms with Crippen LogP contribution in [0.1, 0.15) is 19.3 Å². The van der Waals surface area contributed by atoms with Crippen LogP contribution in [0, 0.1) is 0 Å². The third-order valence-electron chi connectivity index (χ3n) is 2.04. The molecule has 6 nitrogen and oxygen atoms in total. The quantitative estimate of drug-likeness (QED) is 0.669. The average Bonchev–Trinajstić information content (AvgIpc) is 2.01. The average molecular weight is 242 g/mol. The Morgan fingerprint density at radius 2 is 1.79 bits per heavy atom. The van der Waals surface area contributed by atoms with Gasteiger partial charge < -0.3 is 0 Å². The molecule has 0 radical (unpaired) electrons. The Bertz CT molecular complexity index is 443. The maximum absolute atomic E-state index is 10.7. The Kier molecular flexibility index (Phi) is 3.00. The molecule has 0 amide bonds. The van der Waals surface area contributed by atoms with Gasteiger partial charge in [0.2, 0.25) is 0 Å². The fraction of sp³-hybridized carbons (Fsp3) is 0.667. The molecule has 1 aliphatic carbocycles. The Morgan fingerprint density at radius 3 is 2.21 bits per heavy atom. The van der Waals surface area contributed by atoms with Gasteiger partial charge in [0, 0.05) is 6.42 Å². The first kappa shape index (κ1) is 11.6. The summed E-state index contributed by atoms with van der Waals surface area (Å²) in [5.41, 5.74) is 0. The molecule has 82 valence electrons. The molecule has 1 atom stereocenters. The Balaban J connectivity index is 2.95. The topological polar surface area (TPSA) is 109 Å². The van der Waals surface area contributed by atoms with Gasteiger partial charge in [-0.25, -0.2) is 0 Å². The normalized spacial score (nSPS) is 24.4. The fourth-order valence-corrected chi connectivity index (χ4v) is 2.97. The summed E-state index contributed by atoms with van der Waals surface area (Å²) in [6, 6.07) is 0. The lowest BCUT2D eigenvalue weighted by Crippen LogP contribution is -2.25. The number of hydrogen-bond donors (Lipinski definition) is 2. The summed E-state index contributed by atoms with van der Waals surface area (Å²) in [5, 5.41) is -1.13.